The maximum absolute atomic E-state index is 5.91. The van der Waals surface area contributed by atoms with Crippen molar-refractivity contribution in [2.24, 2.45) is 10.7 Å². The van der Waals surface area contributed by atoms with Crippen LogP contribution in [-0.4, -0.2) is 26.2 Å². The molecule has 23 heavy (non-hydrogen) atoms. The minimum Gasteiger partial charge on any atom is -0.380 e. The SMILES string of the molecule is COCc1ccccc1NC(N)=NCCOCc1ccccc1. The Hall–Kier alpha value is -2.37. The molecule has 5 heteroatoms. The van der Waals surface area contributed by atoms with Gasteiger partial charge in [0.25, 0.3) is 0 Å². The van der Waals surface area contributed by atoms with E-state index in [4.69, 9.17) is 15.2 Å². The summed E-state index contributed by atoms with van der Waals surface area (Å²) in [7, 11) is 1.66. The van der Waals surface area contributed by atoms with Crippen LogP contribution in [0.1, 0.15) is 11.1 Å². The first-order valence-corrected chi connectivity index (χ1v) is 7.55. The number of para-hydroxylation sites is 1. The van der Waals surface area contributed by atoms with Crippen LogP contribution in [0.15, 0.2) is 59.6 Å². The number of nitrogens with zero attached hydrogens (tertiary/aromatic N) is 1. The fourth-order valence-electron chi connectivity index (χ4n) is 2.10. The molecule has 2 aromatic rings. The summed E-state index contributed by atoms with van der Waals surface area (Å²) in [4.78, 5) is 4.27. The number of nitrogens with two attached hydrogens (primary N) is 1. The molecular weight excluding hydrogens is 290 g/mol. The van der Waals surface area contributed by atoms with Crippen molar-refractivity contribution in [3.8, 4) is 0 Å². The normalized spacial score (nSPS) is 11.4. The van der Waals surface area contributed by atoms with Gasteiger partial charge in [-0.2, -0.15) is 0 Å². The Morgan fingerprint density at radius 1 is 1.04 bits per heavy atom. The van der Waals surface area contributed by atoms with Crippen molar-refractivity contribution >= 4 is 11.6 Å². The summed E-state index contributed by atoms with van der Waals surface area (Å²) in [5, 5.41) is 3.10. The molecule has 0 aliphatic rings. The predicted octanol–water partition coefficient (Wildman–Crippen LogP) is 2.78. The zero-order valence-corrected chi connectivity index (χ0v) is 13.4. The van der Waals surface area contributed by atoms with Gasteiger partial charge in [0.2, 0.25) is 0 Å². The van der Waals surface area contributed by atoms with Crippen molar-refractivity contribution < 1.29 is 9.47 Å². The second-order valence-corrected chi connectivity index (χ2v) is 5.02. The van der Waals surface area contributed by atoms with Gasteiger partial charge in [0.1, 0.15) is 0 Å². The molecule has 0 fully saturated rings. The largest absolute Gasteiger partial charge is 0.380 e. The van der Waals surface area contributed by atoms with Crippen LogP contribution in [0.2, 0.25) is 0 Å². The highest BCUT2D eigenvalue weighted by Crippen LogP contribution is 2.15. The van der Waals surface area contributed by atoms with Crippen LogP contribution in [0.25, 0.3) is 0 Å². The average molecular weight is 313 g/mol. The lowest BCUT2D eigenvalue weighted by molar-refractivity contribution is 0.128. The smallest absolute Gasteiger partial charge is 0.193 e. The van der Waals surface area contributed by atoms with Gasteiger partial charge < -0.3 is 20.5 Å². The van der Waals surface area contributed by atoms with Gasteiger partial charge in [-0.05, 0) is 11.6 Å². The Bertz CT molecular complexity index is 615. The molecule has 0 heterocycles. The molecule has 2 rings (SSSR count). The standard InChI is InChI=1S/C18H23N3O2/c1-22-14-16-9-5-6-10-17(16)21-18(19)20-11-12-23-13-15-7-3-2-4-8-15/h2-10H,11-14H2,1H3,(H3,19,20,21). The fraction of sp³-hybridized carbons (Fsp3) is 0.278. The van der Waals surface area contributed by atoms with Crippen LogP contribution in [0.4, 0.5) is 5.69 Å². The maximum atomic E-state index is 5.91. The topological polar surface area (TPSA) is 68.9 Å². The van der Waals surface area contributed by atoms with Gasteiger partial charge in [-0.3, -0.25) is 4.99 Å². The third-order valence-electron chi connectivity index (χ3n) is 3.21. The second-order valence-electron chi connectivity index (χ2n) is 5.02. The number of guanidine groups is 1. The van der Waals surface area contributed by atoms with Gasteiger partial charge in [0.15, 0.2) is 5.96 Å². The van der Waals surface area contributed by atoms with Crippen LogP contribution in [0.5, 0.6) is 0 Å². The minimum atomic E-state index is 0.372. The molecule has 122 valence electrons. The highest BCUT2D eigenvalue weighted by Gasteiger charge is 2.02. The lowest BCUT2D eigenvalue weighted by Gasteiger charge is -2.10. The predicted molar refractivity (Wildman–Crippen MR) is 93.4 cm³/mol. The molecule has 2 aromatic carbocycles. The molecule has 0 bridgehead atoms. The van der Waals surface area contributed by atoms with E-state index in [0.29, 0.717) is 32.3 Å². The lowest BCUT2D eigenvalue weighted by Crippen LogP contribution is -2.24. The first-order chi connectivity index (χ1) is 11.3. The molecule has 0 radical (unpaired) electrons. The van der Waals surface area contributed by atoms with Crippen molar-refractivity contribution in [2.75, 3.05) is 25.6 Å². The van der Waals surface area contributed by atoms with Crippen molar-refractivity contribution in [1.82, 2.24) is 0 Å². The monoisotopic (exact) mass is 313 g/mol. The Kier molecular flexibility index (Phi) is 7.10. The number of ether oxygens (including phenoxy) is 2. The third kappa shape index (κ3) is 6.10. The molecule has 0 atom stereocenters. The Balaban J connectivity index is 1.75. The number of benzene rings is 2. The van der Waals surface area contributed by atoms with Gasteiger partial charge >= 0.3 is 0 Å². The Morgan fingerprint density at radius 3 is 2.57 bits per heavy atom. The first kappa shape index (κ1) is 17.0. The van der Waals surface area contributed by atoms with E-state index in [0.717, 1.165) is 16.8 Å². The van der Waals surface area contributed by atoms with E-state index in [2.05, 4.69) is 10.3 Å². The Labute approximate surface area is 137 Å². The first-order valence-electron chi connectivity index (χ1n) is 7.55. The van der Waals surface area contributed by atoms with Crippen molar-refractivity contribution in [3.63, 3.8) is 0 Å². The number of hydrogen-bond donors (Lipinski definition) is 2. The molecule has 0 unspecified atom stereocenters. The maximum Gasteiger partial charge on any atom is 0.193 e. The van der Waals surface area contributed by atoms with E-state index in [-0.39, 0.29) is 0 Å². The quantitative estimate of drug-likeness (QED) is 0.447. The number of nitrogens with one attached hydrogen (secondary N) is 1. The van der Waals surface area contributed by atoms with Gasteiger partial charge in [0, 0.05) is 18.4 Å². The molecule has 0 aliphatic carbocycles. The zero-order chi connectivity index (χ0) is 16.3. The number of aliphatic imine (C=N–C) groups is 1. The fourth-order valence-corrected chi connectivity index (χ4v) is 2.10. The van der Waals surface area contributed by atoms with E-state index in [1.807, 2.05) is 54.6 Å². The summed E-state index contributed by atoms with van der Waals surface area (Å²) >= 11 is 0. The van der Waals surface area contributed by atoms with Crippen LogP contribution < -0.4 is 11.1 Å². The second kappa shape index (κ2) is 9.61. The molecule has 0 aliphatic heterocycles. The Morgan fingerprint density at radius 2 is 1.78 bits per heavy atom. The zero-order valence-electron chi connectivity index (χ0n) is 13.4. The molecule has 0 spiro atoms. The van der Waals surface area contributed by atoms with E-state index in [1.54, 1.807) is 7.11 Å². The van der Waals surface area contributed by atoms with Crippen LogP contribution in [0, 0.1) is 0 Å². The number of hydrogen-bond acceptors (Lipinski definition) is 3. The molecule has 0 amide bonds. The molecule has 0 saturated heterocycles. The molecule has 5 nitrogen and oxygen atoms in total. The highest BCUT2D eigenvalue weighted by atomic mass is 16.5. The summed E-state index contributed by atoms with van der Waals surface area (Å²) < 4.78 is 10.7. The number of rotatable bonds is 8. The van der Waals surface area contributed by atoms with Crippen LogP contribution in [-0.2, 0) is 22.7 Å². The lowest BCUT2D eigenvalue weighted by atomic mass is 10.2. The van der Waals surface area contributed by atoms with Crippen molar-refractivity contribution in [3.05, 3.63) is 65.7 Å². The van der Waals surface area contributed by atoms with Gasteiger partial charge in [-0.25, -0.2) is 0 Å². The third-order valence-corrected chi connectivity index (χ3v) is 3.21. The van der Waals surface area contributed by atoms with Gasteiger partial charge in [-0.15, -0.1) is 0 Å². The summed E-state index contributed by atoms with van der Waals surface area (Å²) in [6.45, 7) is 2.14. The molecule has 0 saturated carbocycles. The van der Waals surface area contributed by atoms with Gasteiger partial charge in [-0.1, -0.05) is 48.5 Å². The molecule has 3 N–H and O–H groups in total. The van der Waals surface area contributed by atoms with Crippen LogP contribution in [0.3, 0.4) is 0 Å². The van der Waals surface area contributed by atoms with Crippen LogP contribution >= 0.6 is 0 Å². The summed E-state index contributed by atoms with van der Waals surface area (Å²) in [6.07, 6.45) is 0. The number of anilines is 1. The average Bonchev–Trinajstić information content (AvgIpc) is 2.57. The number of methoxy groups -OCH3 is 1. The summed E-state index contributed by atoms with van der Waals surface area (Å²) in [5.74, 6) is 0.372. The minimum absolute atomic E-state index is 0.372. The highest BCUT2D eigenvalue weighted by molar-refractivity contribution is 5.92. The van der Waals surface area contributed by atoms with E-state index >= 15 is 0 Å². The van der Waals surface area contributed by atoms with E-state index in [1.165, 1.54) is 0 Å². The van der Waals surface area contributed by atoms with Crippen molar-refractivity contribution in [2.45, 2.75) is 13.2 Å². The van der Waals surface area contributed by atoms with E-state index in [9.17, 15) is 0 Å². The summed E-state index contributed by atoms with van der Waals surface area (Å²) in [5.41, 5.74) is 8.99. The van der Waals surface area contributed by atoms with Crippen molar-refractivity contribution in [1.29, 1.82) is 0 Å². The molecular formula is C18H23N3O2. The summed E-state index contributed by atoms with van der Waals surface area (Å²) in [6, 6.07) is 17.9. The molecule has 0 aromatic heterocycles. The van der Waals surface area contributed by atoms with Gasteiger partial charge in [0.05, 0.1) is 26.4 Å². The van der Waals surface area contributed by atoms with E-state index < -0.39 is 0 Å².